The molecule has 0 spiro atoms. The van der Waals surface area contributed by atoms with Crippen LogP contribution >= 0.6 is 11.8 Å². The predicted molar refractivity (Wildman–Crippen MR) is 117 cm³/mol. The Balaban J connectivity index is 1.48. The lowest BCUT2D eigenvalue weighted by atomic mass is 10.1. The summed E-state index contributed by atoms with van der Waals surface area (Å²) in [6.07, 6.45) is 0.949. The van der Waals surface area contributed by atoms with Gasteiger partial charge in [-0.15, -0.1) is 10.2 Å². The van der Waals surface area contributed by atoms with Crippen LogP contribution in [-0.2, 0) is 11.2 Å². The summed E-state index contributed by atoms with van der Waals surface area (Å²) >= 11 is 1.21. The zero-order valence-electron chi connectivity index (χ0n) is 16.9. The number of nitrogens with zero attached hydrogens (tertiary/aromatic N) is 3. The van der Waals surface area contributed by atoms with E-state index in [2.05, 4.69) is 44.5 Å². The number of aromatic nitrogens is 4. The molecule has 0 saturated heterocycles. The third-order valence-corrected chi connectivity index (χ3v) is 5.52. The molecule has 2 aromatic heterocycles. The minimum Gasteiger partial charge on any atom is -0.497 e. The second-order valence-corrected chi connectivity index (χ2v) is 7.50. The molecule has 154 valence electrons. The van der Waals surface area contributed by atoms with Crippen molar-refractivity contribution in [2.24, 2.45) is 0 Å². The number of carbonyl (C=O) groups is 1. The highest BCUT2D eigenvalue weighted by Gasteiger charge is 2.13. The lowest BCUT2D eigenvalue weighted by Gasteiger charge is -2.11. The van der Waals surface area contributed by atoms with Gasteiger partial charge in [0.25, 0.3) is 0 Å². The second kappa shape index (κ2) is 8.58. The van der Waals surface area contributed by atoms with Crippen LogP contribution in [-0.4, -0.2) is 46.0 Å². The highest BCUT2D eigenvalue weighted by molar-refractivity contribution is 7.99. The summed E-state index contributed by atoms with van der Waals surface area (Å²) < 4.78 is 10.5. The fourth-order valence-corrected chi connectivity index (χ4v) is 3.70. The van der Waals surface area contributed by atoms with Crippen molar-refractivity contribution in [1.29, 1.82) is 0 Å². The molecule has 0 fully saturated rings. The summed E-state index contributed by atoms with van der Waals surface area (Å²) in [5.74, 6) is 1.10. The highest BCUT2D eigenvalue weighted by atomic mass is 32.2. The number of benzene rings is 2. The summed E-state index contributed by atoms with van der Waals surface area (Å²) in [7, 11) is 3.11. The fraction of sp³-hybridized carbons (Fsp3) is 0.238. The van der Waals surface area contributed by atoms with Crippen molar-refractivity contribution in [3.05, 3.63) is 42.0 Å². The first-order valence-electron chi connectivity index (χ1n) is 9.41. The lowest BCUT2D eigenvalue weighted by molar-refractivity contribution is -0.113. The molecule has 0 bridgehead atoms. The van der Waals surface area contributed by atoms with E-state index in [9.17, 15) is 4.79 Å². The van der Waals surface area contributed by atoms with Gasteiger partial charge in [-0.05, 0) is 36.2 Å². The van der Waals surface area contributed by atoms with Gasteiger partial charge in [0, 0.05) is 17.0 Å². The minimum absolute atomic E-state index is 0.133. The summed E-state index contributed by atoms with van der Waals surface area (Å²) in [6.45, 7) is 2.11. The van der Waals surface area contributed by atoms with Crippen molar-refractivity contribution in [3.63, 3.8) is 0 Å². The van der Waals surface area contributed by atoms with Crippen LogP contribution in [0.2, 0.25) is 0 Å². The normalized spacial score (nSPS) is 11.0. The van der Waals surface area contributed by atoms with Gasteiger partial charge in [-0.2, -0.15) is 0 Å². The first-order chi connectivity index (χ1) is 14.6. The van der Waals surface area contributed by atoms with Gasteiger partial charge in [0.05, 0.1) is 25.7 Å². The number of anilines is 1. The molecule has 30 heavy (non-hydrogen) atoms. The van der Waals surface area contributed by atoms with E-state index in [0.29, 0.717) is 28.0 Å². The SMILES string of the molecule is CCc1ccc2[nH]c3nc(SCC(=O)Nc4cc(OC)ccc4OC)nnc3c2c1. The summed E-state index contributed by atoms with van der Waals surface area (Å²) in [6, 6.07) is 11.4. The van der Waals surface area contributed by atoms with Crippen LogP contribution in [0.25, 0.3) is 22.1 Å². The van der Waals surface area contributed by atoms with Crippen LogP contribution in [0.5, 0.6) is 11.5 Å². The molecule has 1 amide bonds. The molecule has 8 nitrogen and oxygen atoms in total. The van der Waals surface area contributed by atoms with Gasteiger partial charge >= 0.3 is 0 Å². The maximum atomic E-state index is 12.4. The molecule has 0 aliphatic rings. The third-order valence-electron chi connectivity index (χ3n) is 4.68. The Morgan fingerprint density at radius 3 is 2.77 bits per heavy atom. The number of amides is 1. The van der Waals surface area contributed by atoms with Crippen LogP contribution in [0, 0.1) is 0 Å². The topological polar surface area (TPSA) is 102 Å². The van der Waals surface area contributed by atoms with E-state index in [1.54, 1.807) is 32.4 Å². The molecule has 4 aromatic rings. The fourth-order valence-electron chi connectivity index (χ4n) is 3.11. The highest BCUT2D eigenvalue weighted by Crippen LogP contribution is 2.29. The van der Waals surface area contributed by atoms with E-state index >= 15 is 0 Å². The maximum Gasteiger partial charge on any atom is 0.234 e. The maximum absolute atomic E-state index is 12.4. The van der Waals surface area contributed by atoms with E-state index in [4.69, 9.17) is 9.47 Å². The van der Waals surface area contributed by atoms with E-state index in [-0.39, 0.29) is 11.7 Å². The first kappa shape index (κ1) is 20.0. The number of methoxy groups -OCH3 is 2. The van der Waals surface area contributed by atoms with Crippen molar-refractivity contribution in [1.82, 2.24) is 20.2 Å². The van der Waals surface area contributed by atoms with E-state index < -0.39 is 0 Å². The smallest absolute Gasteiger partial charge is 0.234 e. The molecule has 2 aromatic carbocycles. The van der Waals surface area contributed by atoms with Crippen LogP contribution < -0.4 is 14.8 Å². The molecule has 0 atom stereocenters. The van der Waals surface area contributed by atoms with E-state index in [1.807, 2.05) is 6.07 Å². The Labute approximate surface area is 177 Å². The molecule has 2 heterocycles. The zero-order chi connectivity index (χ0) is 21.1. The van der Waals surface area contributed by atoms with Gasteiger partial charge in [0.2, 0.25) is 11.1 Å². The van der Waals surface area contributed by atoms with Crippen molar-refractivity contribution in [3.8, 4) is 11.5 Å². The average Bonchev–Trinajstić information content (AvgIpc) is 3.14. The number of nitrogens with one attached hydrogen (secondary N) is 2. The van der Waals surface area contributed by atoms with Gasteiger partial charge in [0.1, 0.15) is 17.0 Å². The minimum atomic E-state index is -0.209. The average molecular weight is 423 g/mol. The van der Waals surface area contributed by atoms with Crippen molar-refractivity contribution >= 4 is 45.4 Å². The Hall–Kier alpha value is -3.33. The van der Waals surface area contributed by atoms with Crippen LogP contribution in [0.4, 0.5) is 5.69 Å². The summed E-state index contributed by atoms with van der Waals surface area (Å²) in [4.78, 5) is 20.2. The number of hydrogen-bond donors (Lipinski definition) is 2. The Kier molecular flexibility index (Phi) is 5.71. The molecule has 9 heteroatoms. The third kappa shape index (κ3) is 4.02. The van der Waals surface area contributed by atoms with Crippen molar-refractivity contribution < 1.29 is 14.3 Å². The molecule has 0 aliphatic carbocycles. The standard InChI is InChI=1S/C21H21N5O3S/c1-4-12-5-7-15-14(9-12)19-20(23-15)24-21(26-25-19)30-11-18(27)22-16-10-13(28-2)6-8-17(16)29-3/h5-10H,4,11H2,1-3H3,(H,22,27)(H,23,24,26). The number of aromatic amines is 1. The van der Waals surface area contributed by atoms with Crippen molar-refractivity contribution in [2.75, 3.05) is 25.3 Å². The van der Waals surface area contributed by atoms with E-state index in [0.717, 1.165) is 22.8 Å². The quantitative estimate of drug-likeness (QED) is 0.436. The lowest BCUT2D eigenvalue weighted by Crippen LogP contribution is -2.15. The number of rotatable bonds is 7. The summed E-state index contributed by atoms with van der Waals surface area (Å²) in [5, 5.41) is 12.8. The van der Waals surface area contributed by atoms with Gasteiger partial charge in [-0.25, -0.2) is 4.98 Å². The molecule has 2 N–H and O–H groups in total. The monoisotopic (exact) mass is 423 g/mol. The summed E-state index contributed by atoms with van der Waals surface area (Å²) in [5.41, 5.74) is 4.13. The second-order valence-electron chi connectivity index (χ2n) is 6.55. The number of carbonyl (C=O) groups excluding carboxylic acids is 1. The van der Waals surface area contributed by atoms with Gasteiger partial charge in [-0.3, -0.25) is 4.79 Å². The number of aryl methyl sites for hydroxylation is 1. The Morgan fingerprint density at radius 2 is 2.00 bits per heavy atom. The Bertz CT molecular complexity index is 1220. The predicted octanol–water partition coefficient (Wildman–Crippen LogP) is 3.82. The molecule has 0 radical (unpaired) electrons. The van der Waals surface area contributed by atoms with Crippen LogP contribution in [0.15, 0.2) is 41.6 Å². The Morgan fingerprint density at radius 1 is 1.13 bits per heavy atom. The molecule has 0 unspecified atom stereocenters. The first-order valence-corrected chi connectivity index (χ1v) is 10.4. The van der Waals surface area contributed by atoms with Crippen molar-refractivity contribution in [2.45, 2.75) is 18.5 Å². The molecular weight excluding hydrogens is 402 g/mol. The van der Waals surface area contributed by atoms with Crippen LogP contribution in [0.1, 0.15) is 12.5 Å². The largest absolute Gasteiger partial charge is 0.497 e. The molecule has 4 rings (SSSR count). The van der Waals surface area contributed by atoms with Gasteiger partial charge < -0.3 is 19.8 Å². The molecule has 0 aliphatic heterocycles. The van der Waals surface area contributed by atoms with Crippen LogP contribution in [0.3, 0.4) is 0 Å². The number of hydrogen-bond acceptors (Lipinski definition) is 7. The van der Waals surface area contributed by atoms with Gasteiger partial charge in [-0.1, -0.05) is 24.8 Å². The number of H-pyrrole nitrogens is 1. The zero-order valence-corrected chi connectivity index (χ0v) is 17.7. The van der Waals surface area contributed by atoms with E-state index in [1.165, 1.54) is 17.3 Å². The molecular formula is C21H21N5O3S. The molecule has 0 saturated carbocycles. The number of ether oxygens (including phenoxy) is 2. The van der Waals surface area contributed by atoms with Gasteiger partial charge in [0.15, 0.2) is 5.65 Å². The number of thioether (sulfide) groups is 1. The number of fused-ring (bicyclic) bond motifs is 3.